The van der Waals surface area contributed by atoms with Crippen LogP contribution in [0.2, 0.25) is 0 Å². The summed E-state index contributed by atoms with van der Waals surface area (Å²) in [4.78, 5) is 49.3. The lowest BCUT2D eigenvalue weighted by atomic mass is 10.1. The standard InChI is InChI=1S/C23H18N2O7/c1-5-20(26)24-17-13-18(30-3)19(12-16(17)23(29)31-4)32-14-25(21(27)6-2)22(28)15-10-8-7-9-11-15/h1-2,7-13H,14H2,3-4H3,(H,24,26). The maximum atomic E-state index is 12.7. The summed E-state index contributed by atoms with van der Waals surface area (Å²) in [5, 5.41) is 2.35. The zero-order valence-electron chi connectivity index (χ0n) is 17.2. The minimum absolute atomic E-state index is 0.0147. The number of carbonyl (C=O) groups excluding carboxylic acids is 4. The lowest BCUT2D eigenvalue weighted by Crippen LogP contribution is -2.39. The molecule has 2 aromatic rings. The molecule has 2 rings (SSSR count). The van der Waals surface area contributed by atoms with Crippen LogP contribution >= 0.6 is 0 Å². The molecule has 0 aliphatic rings. The molecule has 2 aromatic carbocycles. The Morgan fingerprint density at radius 3 is 2.25 bits per heavy atom. The van der Waals surface area contributed by atoms with Crippen LogP contribution < -0.4 is 14.8 Å². The molecule has 0 spiro atoms. The Bertz CT molecular complexity index is 1130. The smallest absolute Gasteiger partial charge is 0.340 e. The molecule has 3 amide bonds. The van der Waals surface area contributed by atoms with Gasteiger partial charge in [0.1, 0.15) is 0 Å². The molecular weight excluding hydrogens is 416 g/mol. The number of benzene rings is 2. The fraction of sp³-hybridized carbons (Fsp3) is 0.130. The van der Waals surface area contributed by atoms with Crippen molar-refractivity contribution in [2.45, 2.75) is 0 Å². The number of nitrogens with one attached hydrogen (secondary N) is 1. The van der Waals surface area contributed by atoms with Crippen LogP contribution in [0.1, 0.15) is 20.7 Å². The van der Waals surface area contributed by atoms with Crippen molar-refractivity contribution >= 4 is 29.4 Å². The number of esters is 1. The van der Waals surface area contributed by atoms with Crippen LogP contribution in [0.15, 0.2) is 42.5 Å². The van der Waals surface area contributed by atoms with E-state index in [1.165, 1.54) is 31.4 Å². The van der Waals surface area contributed by atoms with Crippen molar-refractivity contribution in [2.24, 2.45) is 0 Å². The summed E-state index contributed by atoms with van der Waals surface area (Å²) >= 11 is 0. The summed E-state index contributed by atoms with van der Waals surface area (Å²) in [6, 6.07) is 10.5. The van der Waals surface area contributed by atoms with Gasteiger partial charge in [-0.15, -0.1) is 12.8 Å². The maximum Gasteiger partial charge on any atom is 0.340 e. The molecule has 32 heavy (non-hydrogen) atoms. The summed E-state index contributed by atoms with van der Waals surface area (Å²) < 4.78 is 15.5. The lowest BCUT2D eigenvalue weighted by Gasteiger charge is -2.21. The van der Waals surface area contributed by atoms with Crippen molar-refractivity contribution in [3.63, 3.8) is 0 Å². The molecule has 0 aliphatic carbocycles. The fourth-order valence-electron chi connectivity index (χ4n) is 2.53. The normalized spacial score (nSPS) is 9.50. The average Bonchev–Trinajstić information content (AvgIpc) is 2.83. The van der Waals surface area contributed by atoms with E-state index in [0.29, 0.717) is 4.90 Å². The fourth-order valence-corrected chi connectivity index (χ4v) is 2.53. The van der Waals surface area contributed by atoms with Gasteiger partial charge in [-0.3, -0.25) is 14.4 Å². The van der Waals surface area contributed by atoms with Crippen LogP contribution in [0.3, 0.4) is 0 Å². The lowest BCUT2D eigenvalue weighted by molar-refractivity contribution is -0.125. The Morgan fingerprint density at radius 1 is 1.00 bits per heavy atom. The molecule has 0 aliphatic heterocycles. The first-order chi connectivity index (χ1) is 15.4. The zero-order chi connectivity index (χ0) is 23.7. The number of anilines is 1. The van der Waals surface area contributed by atoms with E-state index in [2.05, 4.69) is 5.32 Å². The van der Waals surface area contributed by atoms with E-state index in [1.54, 1.807) is 18.2 Å². The van der Waals surface area contributed by atoms with Crippen molar-refractivity contribution in [1.82, 2.24) is 4.90 Å². The highest BCUT2D eigenvalue weighted by Gasteiger charge is 2.24. The van der Waals surface area contributed by atoms with E-state index in [9.17, 15) is 19.2 Å². The second-order valence-electron chi connectivity index (χ2n) is 5.96. The summed E-state index contributed by atoms with van der Waals surface area (Å²) in [5.41, 5.74) is 0.131. The summed E-state index contributed by atoms with van der Waals surface area (Å²) in [6.07, 6.45) is 10.2. The highest BCUT2D eigenvalue weighted by Crippen LogP contribution is 2.34. The van der Waals surface area contributed by atoms with Crippen LogP contribution in [0.5, 0.6) is 11.5 Å². The highest BCUT2D eigenvalue weighted by atomic mass is 16.5. The largest absolute Gasteiger partial charge is 0.493 e. The molecule has 162 valence electrons. The van der Waals surface area contributed by atoms with E-state index < -0.39 is 30.4 Å². The molecule has 1 N–H and O–H groups in total. The van der Waals surface area contributed by atoms with E-state index >= 15 is 0 Å². The minimum atomic E-state index is -0.927. The number of rotatable bonds is 7. The number of nitrogens with zero attached hydrogens (tertiary/aromatic N) is 1. The van der Waals surface area contributed by atoms with Gasteiger partial charge in [-0.1, -0.05) is 18.2 Å². The van der Waals surface area contributed by atoms with Gasteiger partial charge in [0, 0.05) is 17.7 Å². The summed E-state index contributed by atoms with van der Waals surface area (Å²) in [6.45, 7) is -0.580. The van der Waals surface area contributed by atoms with E-state index in [1.807, 2.05) is 11.8 Å². The van der Waals surface area contributed by atoms with Crippen molar-refractivity contribution in [3.05, 3.63) is 53.6 Å². The summed E-state index contributed by atoms with van der Waals surface area (Å²) in [7, 11) is 2.46. The molecule has 9 nitrogen and oxygen atoms in total. The number of methoxy groups -OCH3 is 2. The van der Waals surface area contributed by atoms with Crippen molar-refractivity contribution in [3.8, 4) is 36.2 Å². The third-order valence-corrected chi connectivity index (χ3v) is 4.07. The summed E-state index contributed by atoms with van der Waals surface area (Å²) in [5.74, 6) is 0.568. The Labute approximate surface area is 184 Å². The predicted octanol–water partition coefficient (Wildman–Crippen LogP) is 1.69. The van der Waals surface area contributed by atoms with Gasteiger partial charge in [0.2, 0.25) is 0 Å². The highest BCUT2D eigenvalue weighted by molar-refractivity contribution is 6.10. The maximum absolute atomic E-state index is 12.7. The minimum Gasteiger partial charge on any atom is -0.493 e. The predicted molar refractivity (Wildman–Crippen MR) is 114 cm³/mol. The molecule has 0 unspecified atom stereocenters. The van der Waals surface area contributed by atoms with Crippen LogP contribution in [0.4, 0.5) is 5.69 Å². The van der Waals surface area contributed by atoms with Gasteiger partial charge in [0.25, 0.3) is 11.8 Å². The number of hydrogen-bond acceptors (Lipinski definition) is 7. The number of carbonyl (C=O) groups is 4. The molecular formula is C23H18N2O7. The molecule has 0 saturated carbocycles. The van der Waals surface area contributed by atoms with Crippen molar-refractivity contribution in [2.75, 3.05) is 26.3 Å². The number of amides is 3. The van der Waals surface area contributed by atoms with Gasteiger partial charge in [0.15, 0.2) is 18.2 Å². The number of imide groups is 1. The van der Waals surface area contributed by atoms with Crippen molar-refractivity contribution < 1.29 is 33.4 Å². The zero-order valence-corrected chi connectivity index (χ0v) is 17.2. The second kappa shape index (κ2) is 10.9. The SMILES string of the molecule is C#CC(=O)Nc1cc(OC)c(OCN(C(=O)C#C)C(=O)c2ccccc2)cc1C(=O)OC. The molecule has 0 saturated heterocycles. The van der Waals surface area contributed by atoms with Gasteiger partial charge in [-0.25, -0.2) is 9.69 Å². The quantitative estimate of drug-likeness (QED) is 0.401. The molecule has 0 aromatic heterocycles. The van der Waals surface area contributed by atoms with E-state index in [4.69, 9.17) is 27.1 Å². The van der Waals surface area contributed by atoms with E-state index in [0.717, 1.165) is 7.11 Å². The van der Waals surface area contributed by atoms with Gasteiger partial charge in [-0.05, 0) is 24.0 Å². The monoisotopic (exact) mass is 434 g/mol. The third-order valence-electron chi connectivity index (χ3n) is 4.07. The topological polar surface area (TPSA) is 111 Å². The Kier molecular flexibility index (Phi) is 7.98. The Hall–Kier alpha value is -4.76. The van der Waals surface area contributed by atoms with Crippen LogP contribution in [0.25, 0.3) is 0 Å². The molecule has 9 heteroatoms. The number of hydrogen-bond donors (Lipinski definition) is 1. The van der Waals surface area contributed by atoms with Crippen LogP contribution in [-0.4, -0.2) is 49.5 Å². The van der Waals surface area contributed by atoms with Crippen LogP contribution in [-0.2, 0) is 14.3 Å². The first kappa shape index (κ1) is 23.5. The van der Waals surface area contributed by atoms with Gasteiger partial charge in [-0.2, -0.15) is 0 Å². The Morgan fingerprint density at radius 2 is 1.69 bits per heavy atom. The molecule has 0 bridgehead atoms. The third kappa shape index (κ3) is 5.43. The second-order valence-corrected chi connectivity index (χ2v) is 5.96. The number of ether oxygens (including phenoxy) is 3. The number of terminal acetylenes is 2. The molecule has 0 atom stereocenters. The Balaban J connectivity index is 2.40. The van der Waals surface area contributed by atoms with E-state index in [-0.39, 0.29) is 28.3 Å². The first-order valence-electron chi connectivity index (χ1n) is 8.94. The molecule has 0 fully saturated rings. The van der Waals surface area contributed by atoms with Crippen LogP contribution in [0, 0.1) is 24.7 Å². The van der Waals surface area contributed by atoms with Crippen molar-refractivity contribution in [1.29, 1.82) is 0 Å². The average molecular weight is 434 g/mol. The molecule has 0 heterocycles. The van der Waals surface area contributed by atoms with Gasteiger partial charge < -0.3 is 19.5 Å². The van der Waals surface area contributed by atoms with Gasteiger partial charge in [0.05, 0.1) is 25.5 Å². The first-order valence-corrected chi connectivity index (χ1v) is 8.94. The van der Waals surface area contributed by atoms with Gasteiger partial charge >= 0.3 is 11.9 Å². The molecule has 0 radical (unpaired) electrons.